The number of carbonyl (C=O) groups is 5. The third-order valence-electron chi connectivity index (χ3n) is 13.7. The molecule has 3 aliphatic rings. The average Bonchev–Trinajstić information content (AvgIpc) is 3.62. The quantitative estimate of drug-likeness (QED) is 0.114. The van der Waals surface area contributed by atoms with Crippen molar-refractivity contribution in [2.24, 2.45) is 17.3 Å². The van der Waals surface area contributed by atoms with E-state index >= 15 is 0 Å². The predicted octanol–water partition coefficient (Wildman–Crippen LogP) is 6.45. The summed E-state index contributed by atoms with van der Waals surface area (Å²) in [5, 5.41) is 16.8. The van der Waals surface area contributed by atoms with E-state index in [1.807, 2.05) is 26.0 Å². The highest BCUT2D eigenvalue weighted by Crippen LogP contribution is 2.41. The molecule has 1 unspecified atom stereocenters. The van der Waals surface area contributed by atoms with Crippen LogP contribution >= 0.6 is 0 Å². The van der Waals surface area contributed by atoms with Gasteiger partial charge in [-0.05, 0) is 110 Å². The maximum absolute atomic E-state index is 14.7. The first-order chi connectivity index (χ1) is 32.0. The zero-order valence-electron chi connectivity index (χ0n) is 40.2. The van der Waals surface area contributed by atoms with Gasteiger partial charge in [-0.2, -0.15) is 0 Å². The van der Waals surface area contributed by atoms with Crippen molar-refractivity contribution in [3.05, 3.63) is 90.0 Å². The molecule has 0 spiro atoms. The summed E-state index contributed by atoms with van der Waals surface area (Å²) in [4.78, 5) is 72.6. The molecule has 0 aliphatic carbocycles. The Morgan fingerprint density at radius 3 is 2.48 bits per heavy atom. The molecule has 358 valence electrons. The van der Waals surface area contributed by atoms with Gasteiger partial charge in [-0.15, -0.1) is 0 Å². The van der Waals surface area contributed by atoms with E-state index in [2.05, 4.69) is 79.1 Å². The molecule has 6 bridgehead atoms. The summed E-state index contributed by atoms with van der Waals surface area (Å²) in [7, 11) is 3.33. The number of amides is 4. The number of piperidine rings is 1. The van der Waals surface area contributed by atoms with Crippen LogP contribution in [-0.2, 0) is 59.3 Å². The number of aromatic hydroxyl groups is 1. The second-order valence-electron chi connectivity index (χ2n) is 19.6. The Kier molecular flexibility index (Phi) is 15.3. The van der Waals surface area contributed by atoms with Crippen LogP contribution in [0.5, 0.6) is 5.75 Å². The number of hydrazine groups is 1. The number of aryl methyl sites for hydroxylation is 1. The smallest absolute Gasteiger partial charge is 0.324 e. The molecule has 1 aromatic heterocycles. The van der Waals surface area contributed by atoms with Crippen molar-refractivity contribution in [2.45, 2.75) is 104 Å². The number of phenolic OH excluding ortho intramolecular Hbond substituents is 1. The van der Waals surface area contributed by atoms with Gasteiger partial charge in [0.2, 0.25) is 17.7 Å². The van der Waals surface area contributed by atoms with Crippen LogP contribution in [0.3, 0.4) is 0 Å². The maximum Gasteiger partial charge on any atom is 0.324 e. The van der Waals surface area contributed by atoms with E-state index in [0.29, 0.717) is 63.9 Å². The van der Waals surface area contributed by atoms with Gasteiger partial charge < -0.3 is 34.3 Å². The third kappa shape index (κ3) is 10.8. The van der Waals surface area contributed by atoms with E-state index in [1.54, 1.807) is 31.2 Å². The van der Waals surface area contributed by atoms with Crippen LogP contribution in [0.1, 0.15) is 77.0 Å². The number of fused-ring (bicyclic) bond motifs is 6. The van der Waals surface area contributed by atoms with E-state index in [4.69, 9.17) is 9.47 Å². The minimum atomic E-state index is -1.14. The van der Waals surface area contributed by atoms with Crippen molar-refractivity contribution in [1.29, 1.82) is 0 Å². The molecular weight excluding hydrogens is 849 g/mol. The van der Waals surface area contributed by atoms with Crippen molar-refractivity contribution in [3.63, 3.8) is 0 Å². The minimum Gasteiger partial charge on any atom is -0.508 e. The molecule has 3 aromatic carbocycles. The Hall–Kier alpha value is -5.99. The second-order valence-corrected chi connectivity index (χ2v) is 19.6. The number of methoxy groups -OCH3 is 1. The Morgan fingerprint density at radius 2 is 1.78 bits per heavy atom. The molecule has 3 aliphatic heterocycles. The lowest BCUT2D eigenvalue weighted by atomic mass is 9.83. The maximum atomic E-state index is 14.7. The van der Waals surface area contributed by atoms with Gasteiger partial charge in [0.25, 0.3) is 5.91 Å². The number of carbonyl (C=O) groups excluding carboxylic acids is 5. The molecule has 4 aromatic rings. The van der Waals surface area contributed by atoms with E-state index in [-0.39, 0.29) is 49.0 Å². The molecule has 2 fully saturated rings. The summed E-state index contributed by atoms with van der Waals surface area (Å²) in [5.74, 6) is -2.50. The zero-order valence-corrected chi connectivity index (χ0v) is 40.2. The van der Waals surface area contributed by atoms with Crippen molar-refractivity contribution in [1.82, 2.24) is 30.1 Å². The number of cyclic esters (lactones) is 1. The van der Waals surface area contributed by atoms with Crippen molar-refractivity contribution in [2.75, 3.05) is 47.0 Å². The molecule has 67 heavy (non-hydrogen) atoms. The standard InChI is InChI=1S/C53H68N6O8/c1-9-46(61)57-23-19-36(20-24-57)50(63)56(7)47(33(3)4)49(62)54-44-28-34-26-38(29-39(60)27-34)37-17-18-45-41(30-37)42(48(58(45)10-2)40-15-12-11-14-35(40)21-25-66-8)31-53(5,6)32-67-52(65)43-16-13-22-59(55-43)51(44)64/h9,11-12,14-15,17-18,26-27,29-30,33,36,43-44,47,55,60H,1,10,13,16,19-25,28,31-32H2,2-8H3,(H,54,62)/t43-,44-,47?/m0/s1. The van der Waals surface area contributed by atoms with Gasteiger partial charge in [-0.1, -0.05) is 70.7 Å². The number of likely N-dealkylation sites (N-methyl/N-ethyl adjacent to an activating group) is 1. The first-order valence-corrected chi connectivity index (χ1v) is 23.8. The highest BCUT2D eigenvalue weighted by Gasteiger charge is 2.39. The highest BCUT2D eigenvalue weighted by molar-refractivity contribution is 5.96. The summed E-state index contributed by atoms with van der Waals surface area (Å²) in [6, 6.07) is 17.1. The van der Waals surface area contributed by atoms with E-state index in [1.165, 1.54) is 21.5 Å². The van der Waals surface area contributed by atoms with Gasteiger partial charge in [-0.25, -0.2) is 5.43 Å². The van der Waals surface area contributed by atoms with Crippen LogP contribution in [0.2, 0.25) is 0 Å². The van der Waals surface area contributed by atoms with E-state index < -0.39 is 41.3 Å². The van der Waals surface area contributed by atoms with Gasteiger partial charge in [-0.3, -0.25) is 29.0 Å². The summed E-state index contributed by atoms with van der Waals surface area (Å²) in [6.45, 7) is 16.2. The number of nitrogens with one attached hydrogen (secondary N) is 2. The molecule has 4 amide bonds. The fraction of sp³-hybridized carbons (Fsp3) is 0.491. The summed E-state index contributed by atoms with van der Waals surface area (Å²) >= 11 is 0. The molecule has 4 heterocycles. The largest absolute Gasteiger partial charge is 0.508 e. The van der Waals surface area contributed by atoms with Crippen LogP contribution in [-0.4, -0.2) is 119 Å². The Bertz CT molecular complexity index is 2500. The van der Waals surface area contributed by atoms with Crippen LogP contribution in [0.4, 0.5) is 0 Å². The number of likely N-dealkylation sites (tertiary alicyclic amines) is 1. The van der Waals surface area contributed by atoms with Crippen molar-refractivity contribution < 1.29 is 38.6 Å². The Morgan fingerprint density at radius 1 is 1.03 bits per heavy atom. The molecule has 3 atom stereocenters. The summed E-state index contributed by atoms with van der Waals surface area (Å²) < 4.78 is 14.0. The van der Waals surface area contributed by atoms with Gasteiger partial charge in [0.05, 0.1) is 18.9 Å². The highest BCUT2D eigenvalue weighted by atomic mass is 16.5. The average molecular weight is 917 g/mol. The lowest BCUT2D eigenvalue weighted by Gasteiger charge is -2.38. The normalized spacial score (nSPS) is 19.7. The van der Waals surface area contributed by atoms with Gasteiger partial charge in [0.1, 0.15) is 23.9 Å². The first kappa shape index (κ1) is 48.9. The topological polar surface area (TPSA) is 163 Å². The number of hydrogen-bond acceptors (Lipinski definition) is 9. The van der Waals surface area contributed by atoms with Gasteiger partial charge >= 0.3 is 5.97 Å². The molecular formula is C53H68N6O8. The summed E-state index contributed by atoms with van der Waals surface area (Å²) in [5.41, 5.74) is 10.4. The number of nitrogens with zero attached hydrogens (tertiary/aromatic N) is 4. The predicted molar refractivity (Wildman–Crippen MR) is 259 cm³/mol. The van der Waals surface area contributed by atoms with Crippen LogP contribution < -0.4 is 10.7 Å². The van der Waals surface area contributed by atoms with Gasteiger partial charge in [0, 0.05) is 74.6 Å². The molecule has 7 rings (SSSR count). The SMILES string of the molecule is C=CC(=O)N1CCC(C(=O)N(C)C(C(=O)N[C@H]2Cc3cc(O)cc(c3)-c3ccc4c(c3)c(c(-c3ccccc3CCOC)n4CC)CC(C)(C)COC(=O)[C@@H]3CCCN(N3)C2=O)C(C)C)CC1. The molecule has 14 heteroatoms. The number of aromatic nitrogens is 1. The lowest BCUT2D eigenvalue weighted by Crippen LogP contribution is -2.62. The molecule has 0 saturated carbocycles. The fourth-order valence-corrected chi connectivity index (χ4v) is 10.3. The fourth-order valence-electron chi connectivity index (χ4n) is 10.3. The molecule has 0 radical (unpaired) electrons. The molecule has 14 nitrogen and oxygen atoms in total. The van der Waals surface area contributed by atoms with Crippen LogP contribution in [0.15, 0.2) is 73.3 Å². The summed E-state index contributed by atoms with van der Waals surface area (Å²) in [6.07, 6.45) is 4.49. The second kappa shape index (κ2) is 20.9. The van der Waals surface area contributed by atoms with E-state index in [0.717, 1.165) is 45.3 Å². The van der Waals surface area contributed by atoms with Crippen LogP contribution in [0.25, 0.3) is 33.3 Å². The number of esters is 1. The number of ether oxygens (including phenoxy) is 2. The monoisotopic (exact) mass is 917 g/mol. The molecule has 3 N–H and O–H groups in total. The van der Waals surface area contributed by atoms with Crippen molar-refractivity contribution >= 4 is 40.5 Å². The van der Waals surface area contributed by atoms with Crippen molar-refractivity contribution in [3.8, 4) is 28.1 Å². The number of rotatable bonds is 11. The minimum absolute atomic E-state index is 0.00454. The van der Waals surface area contributed by atoms with Crippen LogP contribution in [0, 0.1) is 17.3 Å². The molecule has 2 saturated heterocycles. The first-order valence-electron chi connectivity index (χ1n) is 23.8. The zero-order chi connectivity index (χ0) is 48.2. The third-order valence-corrected chi connectivity index (χ3v) is 13.7. The van der Waals surface area contributed by atoms with E-state index in [9.17, 15) is 29.1 Å². The van der Waals surface area contributed by atoms with Gasteiger partial charge in [0.15, 0.2) is 0 Å². The number of benzene rings is 3. The lowest BCUT2D eigenvalue weighted by molar-refractivity contribution is -0.155. The Labute approximate surface area is 394 Å². The Balaban J connectivity index is 1.29. The number of hydrogen-bond donors (Lipinski definition) is 3. The number of phenols is 1.